The molecule has 0 amide bonds. The molecule has 174 valence electrons. The maximum absolute atomic E-state index is 13.2. The quantitative estimate of drug-likeness (QED) is 0.525. The lowest BCUT2D eigenvalue weighted by Crippen LogP contribution is -2.40. The first-order valence-electron chi connectivity index (χ1n) is 9.42. The Labute approximate surface area is 181 Å². The van der Waals surface area contributed by atoms with Crippen LogP contribution >= 0.6 is 0 Å². The fourth-order valence-corrected chi connectivity index (χ4v) is 4.26. The van der Waals surface area contributed by atoms with Crippen molar-refractivity contribution < 1.29 is 36.2 Å². The molecule has 3 rings (SSSR count). The molecule has 1 aromatic heterocycles. The summed E-state index contributed by atoms with van der Waals surface area (Å²) >= 11 is 0. The van der Waals surface area contributed by atoms with E-state index in [0.717, 1.165) is 0 Å². The first-order valence-corrected chi connectivity index (χ1v) is 10.9. The number of ether oxygens (including phenoxy) is 1. The molecule has 1 fully saturated rings. The van der Waals surface area contributed by atoms with Crippen LogP contribution in [0.3, 0.4) is 0 Å². The molecule has 0 radical (unpaired) electrons. The number of carbonyl (C=O) groups is 1. The number of hydrogen-bond acceptors (Lipinski definition) is 8. The van der Waals surface area contributed by atoms with Gasteiger partial charge in [0.1, 0.15) is 11.4 Å². The Morgan fingerprint density at radius 2 is 1.84 bits per heavy atom. The van der Waals surface area contributed by atoms with Crippen LogP contribution in [-0.4, -0.2) is 66.6 Å². The minimum Gasteiger partial charge on any atom is -0.481 e. The topological polar surface area (TPSA) is 134 Å². The maximum Gasteiger partial charge on any atom is 0.421 e. The summed E-state index contributed by atoms with van der Waals surface area (Å²) in [6.45, 7) is 0.863. The fourth-order valence-electron chi connectivity index (χ4n) is 2.85. The Kier molecular flexibility index (Phi) is 7.16. The molecule has 0 atom stereocenters. The van der Waals surface area contributed by atoms with Crippen LogP contribution in [0.5, 0.6) is 0 Å². The maximum atomic E-state index is 13.2. The number of alkyl halides is 3. The number of halogens is 3. The highest BCUT2D eigenvalue weighted by molar-refractivity contribution is 7.89. The molecule has 14 heteroatoms. The van der Waals surface area contributed by atoms with Gasteiger partial charge in [-0.15, -0.1) is 0 Å². The Morgan fingerprint density at radius 3 is 2.44 bits per heavy atom. The average Bonchev–Trinajstić information content (AvgIpc) is 2.74. The van der Waals surface area contributed by atoms with Crippen molar-refractivity contribution in [1.29, 1.82) is 0 Å². The molecule has 1 aliphatic rings. The Morgan fingerprint density at radius 1 is 1.19 bits per heavy atom. The molecule has 0 saturated carbocycles. The predicted octanol–water partition coefficient (Wildman–Crippen LogP) is 2.15. The molecule has 1 aromatic carbocycles. The molecule has 0 aliphatic carbocycles. The van der Waals surface area contributed by atoms with Crippen LogP contribution in [0.25, 0.3) is 0 Å². The van der Waals surface area contributed by atoms with E-state index < -0.39 is 40.0 Å². The van der Waals surface area contributed by atoms with Crippen LogP contribution in [0.2, 0.25) is 0 Å². The molecule has 10 nitrogen and oxygen atoms in total. The van der Waals surface area contributed by atoms with Crippen LogP contribution in [-0.2, 0) is 25.7 Å². The molecular formula is C18H20F3N5O5S. The molecule has 0 spiro atoms. The summed E-state index contributed by atoms with van der Waals surface area (Å²) in [5, 5.41) is 13.7. The second-order valence-corrected chi connectivity index (χ2v) is 8.63. The lowest BCUT2D eigenvalue weighted by atomic mass is 10.3. The van der Waals surface area contributed by atoms with Gasteiger partial charge in [0.25, 0.3) is 0 Å². The van der Waals surface area contributed by atoms with Gasteiger partial charge in [-0.25, -0.2) is 13.4 Å². The highest BCUT2D eigenvalue weighted by atomic mass is 32.2. The molecule has 0 bridgehead atoms. The molecular weight excluding hydrogens is 455 g/mol. The molecule has 3 N–H and O–H groups in total. The SMILES string of the molecule is O=C(O)CCNc1nc(Nc2ccc(S(=O)(=O)N3CCOCC3)cc2)ncc1C(F)(F)F. The number of rotatable bonds is 8. The summed E-state index contributed by atoms with van der Waals surface area (Å²) in [6.07, 6.45) is -4.56. The van der Waals surface area contributed by atoms with Crippen molar-refractivity contribution in [1.82, 2.24) is 14.3 Å². The number of sulfonamides is 1. The van der Waals surface area contributed by atoms with Gasteiger partial charge in [0.05, 0.1) is 24.5 Å². The van der Waals surface area contributed by atoms with Gasteiger partial charge in [-0.1, -0.05) is 0 Å². The van der Waals surface area contributed by atoms with Crippen molar-refractivity contribution in [3.05, 3.63) is 36.0 Å². The van der Waals surface area contributed by atoms with E-state index in [-0.39, 0.29) is 30.5 Å². The summed E-state index contributed by atoms with van der Waals surface area (Å²) in [5.41, 5.74) is -0.789. The third kappa shape index (κ3) is 5.83. The molecule has 1 saturated heterocycles. The van der Waals surface area contributed by atoms with Gasteiger partial charge in [-0.05, 0) is 24.3 Å². The first-order chi connectivity index (χ1) is 15.1. The fraction of sp³-hybridized carbons (Fsp3) is 0.389. The van der Waals surface area contributed by atoms with E-state index in [2.05, 4.69) is 20.6 Å². The summed E-state index contributed by atoms with van der Waals surface area (Å²) in [4.78, 5) is 18.1. The Bertz CT molecular complexity index is 1060. The van der Waals surface area contributed by atoms with E-state index >= 15 is 0 Å². The van der Waals surface area contributed by atoms with Crippen molar-refractivity contribution in [2.45, 2.75) is 17.5 Å². The second kappa shape index (κ2) is 9.67. The third-order valence-electron chi connectivity index (χ3n) is 4.44. The van der Waals surface area contributed by atoms with Crippen LogP contribution in [0.15, 0.2) is 35.4 Å². The van der Waals surface area contributed by atoms with E-state index in [1.165, 1.54) is 28.6 Å². The van der Waals surface area contributed by atoms with Crippen molar-refractivity contribution in [2.75, 3.05) is 43.5 Å². The van der Waals surface area contributed by atoms with Gasteiger partial charge in [0.2, 0.25) is 16.0 Å². The van der Waals surface area contributed by atoms with E-state index in [4.69, 9.17) is 9.84 Å². The minimum absolute atomic E-state index is 0.0642. The van der Waals surface area contributed by atoms with Crippen molar-refractivity contribution >= 4 is 33.4 Å². The number of nitrogens with zero attached hydrogens (tertiary/aromatic N) is 3. The van der Waals surface area contributed by atoms with Crippen LogP contribution in [0, 0.1) is 0 Å². The largest absolute Gasteiger partial charge is 0.481 e. The van der Waals surface area contributed by atoms with E-state index in [1.54, 1.807) is 0 Å². The van der Waals surface area contributed by atoms with Gasteiger partial charge < -0.3 is 20.5 Å². The molecule has 2 aromatic rings. The highest BCUT2D eigenvalue weighted by Gasteiger charge is 2.35. The summed E-state index contributed by atoms with van der Waals surface area (Å²) in [7, 11) is -3.69. The van der Waals surface area contributed by atoms with Crippen molar-refractivity contribution in [3.63, 3.8) is 0 Å². The smallest absolute Gasteiger partial charge is 0.421 e. The minimum atomic E-state index is -4.74. The zero-order chi connectivity index (χ0) is 23.4. The highest BCUT2D eigenvalue weighted by Crippen LogP contribution is 2.34. The molecule has 32 heavy (non-hydrogen) atoms. The third-order valence-corrected chi connectivity index (χ3v) is 6.36. The number of morpholine rings is 1. The van der Waals surface area contributed by atoms with Gasteiger partial charge in [-0.2, -0.15) is 22.5 Å². The number of carboxylic acids is 1. The van der Waals surface area contributed by atoms with Gasteiger partial charge in [0, 0.05) is 31.5 Å². The predicted molar refractivity (Wildman–Crippen MR) is 107 cm³/mol. The summed E-state index contributed by atoms with van der Waals surface area (Å²) in [6, 6.07) is 5.60. The van der Waals surface area contributed by atoms with Gasteiger partial charge >= 0.3 is 12.1 Å². The van der Waals surface area contributed by atoms with Gasteiger partial charge in [-0.3, -0.25) is 4.79 Å². The summed E-state index contributed by atoms with van der Waals surface area (Å²) in [5.74, 6) is -1.92. The first kappa shape index (κ1) is 23.7. The zero-order valence-corrected chi connectivity index (χ0v) is 17.4. The van der Waals surface area contributed by atoms with Crippen LogP contribution in [0.4, 0.5) is 30.6 Å². The number of aliphatic carboxylic acids is 1. The standard InChI is InChI=1S/C18H20F3N5O5S/c19-18(20,21)14-11-23-17(25-16(14)22-6-5-15(27)28)24-12-1-3-13(4-2-12)32(29,30)26-7-9-31-10-8-26/h1-4,11H,5-10H2,(H,27,28)(H2,22,23,24,25). The second-order valence-electron chi connectivity index (χ2n) is 6.69. The van der Waals surface area contributed by atoms with Crippen molar-refractivity contribution in [2.24, 2.45) is 0 Å². The lowest BCUT2D eigenvalue weighted by Gasteiger charge is -2.26. The van der Waals surface area contributed by atoms with E-state index in [1.807, 2.05) is 0 Å². The Hall–Kier alpha value is -2.97. The number of anilines is 3. The lowest BCUT2D eigenvalue weighted by molar-refractivity contribution is -0.137. The normalized spacial score (nSPS) is 15.3. The average molecular weight is 475 g/mol. The van der Waals surface area contributed by atoms with Crippen molar-refractivity contribution in [3.8, 4) is 0 Å². The molecule has 0 unspecified atom stereocenters. The number of carboxylic acid groups (broad SMARTS) is 1. The van der Waals surface area contributed by atoms with E-state index in [9.17, 15) is 26.4 Å². The van der Waals surface area contributed by atoms with Gasteiger partial charge in [0.15, 0.2) is 0 Å². The summed E-state index contributed by atoms with van der Waals surface area (Å²) < 4.78 is 71.3. The number of hydrogen-bond donors (Lipinski definition) is 3. The molecule has 1 aliphatic heterocycles. The van der Waals surface area contributed by atoms with Crippen LogP contribution in [0.1, 0.15) is 12.0 Å². The number of nitrogens with one attached hydrogen (secondary N) is 2. The monoisotopic (exact) mass is 475 g/mol. The van der Waals surface area contributed by atoms with E-state index in [0.29, 0.717) is 25.1 Å². The Balaban J connectivity index is 1.76. The number of benzene rings is 1. The molecule has 2 heterocycles. The number of aromatic nitrogens is 2. The van der Waals surface area contributed by atoms with Crippen LogP contribution < -0.4 is 10.6 Å². The zero-order valence-electron chi connectivity index (χ0n) is 16.6.